The monoisotopic (exact) mass is 500 g/mol. The molecular weight excluding hydrogens is 467 g/mol. The smallest absolute Gasteiger partial charge is 0.226 e. The van der Waals surface area contributed by atoms with Crippen LogP contribution in [0.1, 0.15) is 38.2 Å². The molecule has 156 valence electrons. The number of nitrogens with one attached hydrogen (secondary N) is 1. The number of carbonyl (C=O) groups is 1. The van der Waals surface area contributed by atoms with Crippen molar-refractivity contribution in [3.63, 3.8) is 0 Å². The van der Waals surface area contributed by atoms with E-state index in [1.807, 2.05) is 17.0 Å². The van der Waals surface area contributed by atoms with Crippen LogP contribution < -0.4 is 10.2 Å². The first-order valence-electron chi connectivity index (χ1n) is 10.1. The molecule has 28 heavy (non-hydrogen) atoms. The molecule has 1 atom stereocenters. The molecule has 0 radical (unpaired) electrons. The molecule has 0 aromatic heterocycles. The summed E-state index contributed by atoms with van der Waals surface area (Å²) >= 11 is 0. The quantitative estimate of drug-likeness (QED) is 0.370. The molecule has 0 bridgehead atoms. The third-order valence-electron chi connectivity index (χ3n) is 5.24. The van der Waals surface area contributed by atoms with Crippen LogP contribution in [-0.2, 0) is 16.1 Å². The van der Waals surface area contributed by atoms with Crippen LogP contribution in [0, 0.1) is 5.92 Å². The van der Waals surface area contributed by atoms with E-state index in [1.165, 1.54) is 0 Å². The van der Waals surface area contributed by atoms with Crippen molar-refractivity contribution in [2.45, 2.75) is 39.2 Å². The SMILES string of the molecule is CCNC(=NCc1ccc(N2CCCCC2=O)cc1)N(C)CC1CCOC1.I. The first-order valence-corrected chi connectivity index (χ1v) is 10.1. The van der Waals surface area contributed by atoms with Crippen LogP contribution >= 0.6 is 24.0 Å². The zero-order chi connectivity index (χ0) is 19.1. The summed E-state index contributed by atoms with van der Waals surface area (Å²) in [7, 11) is 2.09. The maximum atomic E-state index is 12.1. The number of hydrogen-bond donors (Lipinski definition) is 1. The number of rotatable bonds is 6. The lowest BCUT2D eigenvalue weighted by Gasteiger charge is -2.27. The first-order chi connectivity index (χ1) is 13.2. The highest BCUT2D eigenvalue weighted by atomic mass is 127. The van der Waals surface area contributed by atoms with Gasteiger partial charge in [0.1, 0.15) is 0 Å². The van der Waals surface area contributed by atoms with E-state index in [-0.39, 0.29) is 29.9 Å². The molecule has 7 heteroatoms. The number of halogens is 1. The van der Waals surface area contributed by atoms with Crippen LogP contribution in [0.2, 0.25) is 0 Å². The van der Waals surface area contributed by atoms with E-state index in [9.17, 15) is 4.79 Å². The van der Waals surface area contributed by atoms with Crippen LogP contribution in [0.15, 0.2) is 29.3 Å². The van der Waals surface area contributed by atoms with E-state index in [0.29, 0.717) is 18.9 Å². The zero-order valence-corrected chi connectivity index (χ0v) is 19.4. The van der Waals surface area contributed by atoms with Crippen LogP contribution in [0.3, 0.4) is 0 Å². The third-order valence-corrected chi connectivity index (χ3v) is 5.24. The lowest BCUT2D eigenvalue weighted by Crippen LogP contribution is -2.41. The Morgan fingerprint density at radius 3 is 2.75 bits per heavy atom. The second-order valence-electron chi connectivity index (χ2n) is 7.45. The number of amides is 1. The fourth-order valence-electron chi connectivity index (χ4n) is 3.70. The Hall–Kier alpha value is -1.35. The molecular formula is C21H33IN4O2. The van der Waals surface area contributed by atoms with Gasteiger partial charge in [0.05, 0.1) is 13.2 Å². The predicted octanol–water partition coefficient (Wildman–Crippen LogP) is 3.26. The zero-order valence-electron chi connectivity index (χ0n) is 17.0. The van der Waals surface area contributed by atoms with Gasteiger partial charge in [0.25, 0.3) is 0 Å². The second kappa shape index (κ2) is 11.6. The summed E-state index contributed by atoms with van der Waals surface area (Å²) in [6, 6.07) is 8.24. The number of anilines is 1. The summed E-state index contributed by atoms with van der Waals surface area (Å²) in [6.45, 7) is 7.08. The standard InChI is InChI=1S/C21H32N4O2.HI/c1-3-22-21(24(2)15-18-11-13-27-16-18)23-14-17-7-9-19(10-8-17)25-12-5-4-6-20(25)26;/h7-10,18H,3-6,11-16H2,1-2H3,(H,22,23);1H. The summed E-state index contributed by atoms with van der Waals surface area (Å²) < 4.78 is 5.48. The van der Waals surface area contributed by atoms with Crippen molar-refractivity contribution < 1.29 is 9.53 Å². The highest BCUT2D eigenvalue weighted by Crippen LogP contribution is 2.21. The van der Waals surface area contributed by atoms with Gasteiger partial charge in [-0.1, -0.05) is 12.1 Å². The van der Waals surface area contributed by atoms with Gasteiger partial charge in [-0.2, -0.15) is 0 Å². The molecule has 3 rings (SSSR count). The molecule has 2 aliphatic rings. The number of guanidine groups is 1. The lowest BCUT2D eigenvalue weighted by molar-refractivity contribution is -0.119. The van der Waals surface area contributed by atoms with Gasteiger partial charge in [-0.3, -0.25) is 4.79 Å². The van der Waals surface area contributed by atoms with E-state index in [0.717, 1.165) is 69.3 Å². The number of aliphatic imine (C=N–C) groups is 1. The Morgan fingerprint density at radius 1 is 1.32 bits per heavy atom. The Bertz CT molecular complexity index is 644. The van der Waals surface area contributed by atoms with Crippen LogP contribution in [0.25, 0.3) is 0 Å². The third kappa shape index (κ3) is 6.34. The Morgan fingerprint density at radius 2 is 2.11 bits per heavy atom. The van der Waals surface area contributed by atoms with Crippen LogP contribution in [0.5, 0.6) is 0 Å². The normalized spacial score (nSPS) is 20.1. The van der Waals surface area contributed by atoms with E-state index in [4.69, 9.17) is 9.73 Å². The molecule has 2 heterocycles. The minimum atomic E-state index is 0. The summed E-state index contributed by atoms with van der Waals surface area (Å²) in [5.74, 6) is 1.75. The highest BCUT2D eigenvalue weighted by Gasteiger charge is 2.20. The highest BCUT2D eigenvalue weighted by molar-refractivity contribution is 14.0. The van der Waals surface area contributed by atoms with Gasteiger partial charge >= 0.3 is 0 Å². The average Bonchev–Trinajstić information content (AvgIpc) is 3.19. The Kier molecular flexibility index (Phi) is 9.50. The number of benzene rings is 1. The fraction of sp³-hybridized carbons (Fsp3) is 0.619. The Labute approximate surface area is 185 Å². The van der Waals surface area contributed by atoms with Crippen molar-refractivity contribution in [1.82, 2.24) is 10.2 Å². The molecule has 0 saturated carbocycles. The van der Waals surface area contributed by atoms with Gasteiger partial charge in [0.2, 0.25) is 5.91 Å². The Balaban J connectivity index is 0.00000280. The fourth-order valence-corrected chi connectivity index (χ4v) is 3.70. The van der Waals surface area contributed by atoms with Crippen molar-refractivity contribution in [2.75, 3.05) is 44.8 Å². The number of piperidine rings is 1. The van der Waals surface area contributed by atoms with Gasteiger partial charge < -0.3 is 19.9 Å². The van der Waals surface area contributed by atoms with Gasteiger partial charge in [-0.25, -0.2) is 4.99 Å². The maximum absolute atomic E-state index is 12.1. The van der Waals surface area contributed by atoms with Gasteiger partial charge in [-0.05, 0) is 43.9 Å². The topological polar surface area (TPSA) is 57.2 Å². The second-order valence-corrected chi connectivity index (χ2v) is 7.45. The molecule has 0 aliphatic carbocycles. The summed E-state index contributed by atoms with van der Waals surface area (Å²) in [4.78, 5) is 21.0. The first kappa shape index (κ1) is 22.9. The largest absolute Gasteiger partial charge is 0.381 e. The predicted molar refractivity (Wildman–Crippen MR) is 124 cm³/mol. The van der Waals surface area contributed by atoms with Gasteiger partial charge in [-0.15, -0.1) is 24.0 Å². The van der Waals surface area contributed by atoms with E-state index in [2.05, 4.69) is 36.3 Å². The minimum Gasteiger partial charge on any atom is -0.381 e. The van der Waals surface area contributed by atoms with Crippen molar-refractivity contribution in [3.8, 4) is 0 Å². The number of hydrogen-bond acceptors (Lipinski definition) is 3. The lowest BCUT2D eigenvalue weighted by atomic mass is 10.1. The van der Waals surface area contributed by atoms with Crippen molar-refractivity contribution >= 4 is 41.5 Å². The molecule has 1 amide bonds. The molecule has 1 aromatic rings. The average molecular weight is 500 g/mol. The number of carbonyl (C=O) groups excluding carboxylic acids is 1. The molecule has 2 saturated heterocycles. The van der Waals surface area contributed by atoms with Crippen LogP contribution in [0.4, 0.5) is 5.69 Å². The molecule has 2 aliphatic heterocycles. The minimum absolute atomic E-state index is 0. The number of nitrogens with zero attached hydrogens (tertiary/aromatic N) is 3. The number of ether oxygens (including phenoxy) is 1. The molecule has 2 fully saturated rings. The van der Waals surface area contributed by atoms with E-state index < -0.39 is 0 Å². The molecule has 1 N–H and O–H groups in total. The summed E-state index contributed by atoms with van der Waals surface area (Å²) in [5.41, 5.74) is 2.15. The summed E-state index contributed by atoms with van der Waals surface area (Å²) in [6.07, 6.45) is 3.88. The van der Waals surface area contributed by atoms with Crippen molar-refractivity contribution in [2.24, 2.45) is 10.9 Å². The van der Waals surface area contributed by atoms with E-state index >= 15 is 0 Å². The van der Waals surface area contributed by atoms with Gasteiger partial charge in [0.15, 0.2) is 5.96 Å². The maximum Gasteiger partial charge on any atom is 0.226 e. The van der Waals surface area contributed by atoms with Crippen LogP contribution in [-0.4, -0.2) is 56.7 Å². The van der Waals surface area contributed by atoms with Crippen molar-refractivity contribution in [3.05, 3.63) is 29.8 Å². The van der Waals surface area contributed by atoms with Crippen molar-refractivity contribution in [1.29, 1.82) is 0 Å². The molecule has 1 aromatic carbocycles. The molecule has 0 spiro atoms. The van der Waals surface area contributed by atoms with Gasteiger partial charge in [0, 0.05) is 51.3 Å². The van der Waals surface area contributed by atoms with E-state index in [1.54, 1.807) is 0 Å². The molecule has 1 unspecified atom stereocenters. The molecule has 6 nitrogen and oxygen atoms in total. The summed E-state index contributed by atoms with van der Waals surface area (Å²) in [5, 5.41) is 3.38.